The summed E-state index contributed by atoms with van der Waals surface area (Å²) in [5, 5.41) is 3.69. The number of hydrogen-bond donors (Lipinski definition) is 1. The molecule has 32 heavy (non-hydrogen) atoms. The number of aromatic nitrogens is 1. The van der Waals surface area contributed by atoms with E-state index >= 15 is 0 Å². The van der Waals surface area contributed by atoms with E-state index in [9.17, 15) is 14.4 Å². The molecule has 2 aromatic heterocycles. The van der Waals surface area contributed by atoms with Gasteiger partial charge in [-0.25, -0.2) is 9.78 Å². The Hall–Kier alpha value is -3.30. The van der Waals surface area contributed by atoms with Gasteiger partial charge in [-0.3, -0.25) is 9.59 Å². The summed E-state index contributed by atoms with van der Waals surface area (Å²) in [6.45, 7) is 5.81. The van der Waals surface area contributed by atoms with E-state index in [2.05, 4.69) is 10.3 Å². The van der Waals surface area contributed by atoms with Crippen LogP contribution in [-0.4, -0.2) is 61.1 Å². The largest absolute Gasteiger partial charge is 0.465 e. The monoisotopic (exact) mass is 453 g/mol. The number of nitrogens with zero attached hydrogens (tertiary/aromatic N) is 2. The van der Waals surface area contributed by atoms with Gasteiger partial charge in [0.05, 0.1) is 31.6 Å². The molecule has 1 aliphatic rings. The molecule has 4 rings (SSSR count). The zero-order valence-electron chi connectivity index (χ0n) is 18.1. The van der Waals surface area contributed by atoms with Gasteiger partial charge in [-0.1, -0.05) is 0 Å². The van der Waals surface area contributed by atoms with Crippen LogP contribution < -0.4 is 5.32 Å². The standard InChI is InChI=1S/C23H23N3O5S/c1-13-12-14(2)24-21-17(13)18(19(32-21)22(28)26-8-10-31-11-9-26)25-20(27)15-4-6-16(7-5-15)23(29)30-3/h4-7,12H,8-11H2,1-3H3,(H,25,27). The molecule has 0 aliphatic carbocycles. The summed E-state index contributed by atoms with van der Waals surface area (Å²) in [4.78, 5) is 45.5. The molecule has 0 saturated carbocycles. The molecule has 1 saturated heterocycles. The van der Waals surface area contributed by atoms with Gasteiger partial charge in [0.25, 0.3) is 11.8 Å². The number of morpholine rings is 1. The predicted molar refractivity (Wildman–Crippen MR) is 122 cm³/mol. The lowest BCUT2D eigenvalue weighted by atomic mass is 10.1. The first-order valence-corrected chi connectivity index (χ1v) is 11.0. The van der Waals surface area contributed by atoms with Crippen molar-refractivity contribution in [1.82, 2.24) is 9.88 Å². The first kappa shape index (κ1) is 21.9. The molecule has 3 aromatic rings. The highest BCUT2D eigenvalue weighted by molar-refractivity contribution is 7.21. The molecule has 1 aromatic carbocycles. The van der Waals surface area contributed by atoms with Gasteiger partial charge in [-0.05, 0) is 49.7 Å². The Balaban J connectivity index is 1.72. The lowest BCUT2D eigenvalue weighted by Gasteiger charge is -2.26. The Morgan fingerprint density at radius 1 is 1.09 bits per heavy atom. The molecule has 0 atom stereocenters. The van der Waals surface area contributed by atoms with E-state index in [-0.39, 0.29) is 11.8 Å². The molecule has 0 unspecified atom stereocenters. The Kier molecular flexibility index (Phi) is 6.20. The summed E-state index contributed by atoms with van der Waals surface area (Å²) in [7, 11) is 1.30. The number of carbonyl (C=O) groups is 3. The topological polar surface area (TPSA) is 97.8 Å². The van der Waals surface area contributed by atoms with Gasteiger partial charge in [0, 0.05) is 29.7 Å². The van der Waals surface area contributed by atoms with Gasteiger partial charge < -0.3 is 19.7 Å². The number of hydrogen-bond acceptors (Lipinski definition) is 7. The normalized spacial score (nSPS) is 13.8. The number of methoxy groups -OCH3 is 1. The van der Waals surface area contributed by atoms with Gasteiger partial charge >= 0.3 is 5.97 Å². The number of thiophene rings is 1. The minimum Gasteiger partial charge on any atom is -0.465 e. The van der Waals surface area contributed by atoms with Crippen molar-refractivity contribution in [3.05, 3.63) is 57.6 Å². The summed E-state index contributed by atoms with van der Waals surface area (Å²) in [5.41, 5.74) is 2.95. The minimum absolute atomic E-state index is 0.148. The van der Waals surface area contributed by atoms with Crippen LogP contribution in [0.3, 0.4) is 0 Å². The summed E-state index contributed by atoms with van der Waals surface area (Å²) < 4.78 is 10.1. The Labute approximate surface area is 189 Å². The number of nitrogens with one attached hydrogen (secondary N) is 1. The molecular formula is C23H23N3O5S. The lowest BCUT2D eigenvalue weighted by molar-refractivity contribution is 0.0306. The summed E-state index contributed by atoms with van der Waals surface area (Å²) in [5.74, 6) is -1.00. The van der Waals surface area contributed by atoms with Crippen LogP contribution in [0.15, 0.2) is 30.3 Å². The first-order chi connectivity index (χ1) is 15.4. The number of esters is 1. The molecule has 2 amide bonds. The van der Waals surface area contributed by atoms with Gasteiger partial charge in [0.1, 0.15) is 9.71 Å². The predicted octanol–water partition coefficient (Wildman–Crippen LogP) is 3.42. The molecule has 0 radical (unpaired) electrons. The van der Waals surface area contributed by atoms with E-state index in [1.807, 2.05) is 19.9 Å². The fraction of sp³-hybridized carbons (Fsp3) is 0.304. The maximum Gasteiger partial charge on any atom is 0.337 e. The fourth-order valence-corrected chi connectivity index (χ4v) is 4.90. The van der Waals surface area contributed by atoms with Crippen LogP contribution in [0.1, 0.15) is 41.6 Å². The van der Waals surface area contributed by atoms with Crippen LogP contribution in [-0.2, 0) is 9.47 Å². The highest BCUT2D eigenvalue weighted by Crippen LogP contribution is 2.38. The van der Waals surface area contributed by atoms with Crippen LogP contribution in [0.25, 0.3) is 10.2 Å². The van der Waals surface area contributed by atoms with Crippen LogP contribution in [0.5, 0.6) is 0 Å². The van der Waals surface area contributed by atoms with Gasteiger partial charge in [0.15, 0.2) is 0 Å². The maximum absolute atomic E-state index is 13.3. The molecule has 1 aliphatic heterocycles. The number of carbonyl (C=O) groups excluding carboxylic acids is 3. The molecule has 3 heterocycles. The summed E-state index contributed by atoms with van der Waals surface area (Å²) in [6, 6.07) is 8.09. The van der Waals surface area contributed by atoms with Crippen molar-refractivity contribution in [2.45, 2.75) is 13.8 Å². The first-order valence-electron chi connectivity index (χ1n) is 10.2. The third-order valence-electron chi connectivity index (χ3n) is 5.29. The second-order valence-electron chi connectivity index (χ2n) is 7.49. The smallest absolute Gasteiger partial charge is 0.337 e. The highest BCUT2D eigenvalue weighted by atomic mass is 32.1. The van der Waals surface area contributed by atoms with Gasteiger partial charge in [-0.15, -0.1) is 11.3 Å². The Bertz CT molecular complexity index is 1200. The fourth-order valence-electron chi connectivity index (χ4n) is 3.68. The number of pyridine rings is 1. The van der Waals surface area contributed by atoms with Crippen molar-refractivity contribution >= 4 is 45.0 Å². The SMILES string of the molecule is COC(=O)c1ccc(C(=O)Nc2c(C(=O)N3CCOCC3)sc3nc(C)cc(C)c23)cc1. The number of amides is 2. The number of ether oxygens (including phenoxy) is 2. The molecular weight excluding hydrogens is 430 g/mol. The van der Waals surface area contributed by atoms with Crippen molar-refractivity contribution in [2.24, 2.45) is 0 Å². The van der Waals surface area contributed by atoms with E-state index in [4.69, 9.17) is 9.47 Å². The van der Waals surface area contributed by atoms with Crippen LogP contribution >= 0.6 is 11.3 Å². The average molecular weight is 454 g/mol. The second kappa shape index (κ2) is 9.05. The number of anilines is 1. The molecule has 1 N–H and O–H groups in total. The molecule has 1 fully saturated rings. The van der Waals surface area contributed by atoms with Gasteiger partial charge in [0.2, 0.25) is 0 Å². The summed E-state index contributed by atoms with van der Waals surface area (Å²) >= 11 is 1.28. The molecule has 0 bridgehead atoms. The number of benzene rings is 1. The maximum atomic E-state index is 13.3. The number of fused-ring (bicyclic) bond motifs is 1. The van der Waals surface area contributed by atoms with Crippen molar-refractivity contribution < 1.29 is 23.9 Å². The third kappa shape index (κ3) is 4.21. The Morgan fingerprint density at radius 2 is 1.75 bits per heavy atom. The molecule has 0 spiro atoms. The van der Waals surface area contributed by atoms with Crippen LogP contribution in [0, 0.1) is 13.8 Å². The molecule has 8 nitrogen and oxygen atoms in total. The van der Waals surface area contributed by atoms with Crippen molar-refractivity contribution in [1.29, 1.82) is 0 Å². The third-order valence-corrected chi connectivity index (χ3v) is 6.36. The average Bonchev–Trinajstić information content (AvgIpc) is 3.16. The molecule has 9 heteroatoms. The van der Waals surface area contributed by atoms with E-state index in [1.54, 1.807) is 17.0 Å². The van der Waals surface area contributed by atoms with Crippen LogP contribution in [0.4, 0.5) is 5.69 Å². The van der Waals surface area contributed by atoms with Crippen molar-refractivity contribution in [3.8, 4) is 0 Å². The number of aryl methyl sites for hydroxylation is 2. The zero-order chi connectivity index (χ0) is 22.8. The lowest BCUT2D eigenvalue weighted by Crippen LogP contribution is -2.40. The van der Waals surface area contributed by atoms with E-state index < -0.39 is 5.97 Å². The summed E-state index contributed by atoms with van der Waals surface area (Å²) in [6.07, 6.45) is 0. The van der Waals surface area contributed by atoms with Crippen LogP contribution in [0.2, 0.25) is 0 Å². The number of rotatable bonds is 4. The van der Waals surface area contributed by atoms with Crippen molar-refractivity contribution in [3.63, 3.8) is 0 Å². The van der Waals surface area contributed by atoms with E-state index in [0.29, 0.717) is 52.8 Å². The highest BCUT2D eigenvalue weighted by Gasteiger charge is 2.27. The molecule has 166 valence electrons. The second-order valence-corrected chi connectivity index (χ2v) is 8.49. The zero-order valence-corrected chi connectivity index (χ0v) is 18.9. The van der Waals surface area contributed by atoms with E-state index in [1.165, 1.54) is 30.6 Å². The van der Waals surface area contributed by atoms with E-state index in [0.717, 1.165) is 16.6 Å². The van der Waals surface area contributed by atoms with Gasteiger partial charge in [-0.2, -0.15) is 0 Å². The quantitative estimate of drug-likeness (QED) is 0.608. The minimum atomic E-state index is -0.476. The Morgan fingerprint density at radius 3 is 2.41 bits per heavy atom. The van der Waals surface area contributed by atoms with Crippen molar-refractivity contribution in [2.75, 3.05) is 38.7 Å².